The smallest absolute Gasteiger partial charge is 0.328 e. The van der Waals surface area contributed by atoms with E-state index in [-0.39, 0.29) is 6.03 Å². The third kappa shape index (κ3) is 1.90. The van der Waals surface area contributed by atoms with E-state index in [9.17, 15) is 9.90 Å². The molecule has 0 radical (unpaired) electrons. The lowest BCUT2D eigenvalue weighted by Gasteiger charge is -2.15. The summed E-state index contributed by atoms with van der Waals surface area (Å²) in [6.45, 7) is 2.76. The van der Waals surface area contributed by atoms with Gasteiger partial charge in [-0.2, -0.15) is 0 Å². The Hall–Kier alpha value is -1.86. The van der Waals surface area contributed by atoms with Gasteiger partial charge >= 0.3 is 6.03 Å². The second-order valence-electron chi connectivity index (χ2n) is 4.48. The van der Waals surface area contributed by atoms with E-state index in [0.717, 1.165) is 4.70 Å². The van der Waals surface area contributed by atoms with E-state index in [1.54, 1.807) is 12.0 Å². The lowest BCUT2D eigenvalue weighted by Crippen LogP contribution is -2.34. The molecule has 20 heavy (non-hydrogen) atoms. The predicted octanol–water partition coefficient (Wildman–Crippen LogP) is 1.89. The lowest BCUT2D eigenvalue weighted by atomic mass is 10.3. The molecule has 0 spiro atoms. The van der Waals surface area contributed by atoms with Crippen molar-refractivity contribution in [1.29, 1.82) is 0 Å². The van der Waals surface area contributed by atoms with Crippen LogP contribution in [0.15, 0.2) is 18.2 Å². The number of anilines is 1. The number of aliphatic hydroxyl groups is 1. The summed E-state index contributed by atoms with van der Waals surface area (Å²) in [6, 6.07) is 5.41. The molecule has 0 aliphatic carbocycles. The number of ether oxygens (including phenoxy) is 1. The number of hydrogen-bond donors (Lipinski definition) is 1. The van der Waals surface area contributed by atoms with Gasteiger partial charge in [-0.15, -0.1) is 0 Å². The minimum absolute atomic E-state index is 0.210. The average Bonchev–Trinajstić information content (AvgIpc) is 2.98. The number of likely N-dealkylation sites (N-methyl/N-ethyl adjacent to an activating group) is 1. The molecule has 1 atom stereocenters. The fourth-order valence-corrected chi connectivity index (χ4v) is 3.31. The van der Waals surface area contributed by atoms with Gasteiger partial charge in [0.25, 0.3) is 0 Å². The first-order valence-corrected chi connectivity index (χ1v) is 7.17. The van der Waals surface area contributed by atoms with Crippen LogP contribution in [0.3, 0.4) is 0 Å². The largest absolute Gasteiger partial charge is 0.494 e. The summed E-state index contributed by atoms with van der Waals surface area (Å²) in [5.41, 5.74) is 0.713. The van der Waals surface area contributed by atoms with Gasteiger partial charge in [-0.05, 0) is 19.1 Å². The molecule has 1 N–H and O–H groups in total. The number of carbonyl (C=O) groups excluding carboxylic acids is 1. The number of urea groups is 1. The van der Waals surface area contributed by atoms with Crippen molar-refractivity contribution in [2.24, 2.45) is 0 Å². The van der Waals surface area contributed by atoms with Crippen LogP contribution in [-0.2, 0) is 0 Å². The highest BCUT2D eigenvalue weighted by Crippen LogP contribution is 2.36. The molecule has 1 aromatic carbocycles. The number of hydrogen-bond acceptors (Lipinski definition) is 5. The van der Waals surface area contributed by atoms with E-state index in [0.29, 0.717) is 29.5 Å². The van der Waals surface area contributed by atoms with E-state index in [2.05, 4.69) is 4.98 Å². The normalized spacial score (nSPS) is 19.1. The Morgan fingerprint density at radius 1 is 1.55 bits per heavy atom. The second kappa shape index (κ2) is 4.92. The maximum Gasteiger partial charge on any atom is 0.328 e. The quantitative estimate of drug-likeness (QED) is 0.938. The summed E-state index contributed by atoms with van der Waals surface area (Å²) in [5.74, 6) is 0.665. The maximum atomic E-state index is 12.2. The number of amides is 2. The molecule has 1 aliphatic rings. The van der Waals surface area contributed by atoms with Gasteiger partial charge in [0.1, 0.15) is 11.3 Å². The SMILES string of the molecule is CCN1CC(O)N(c2nc3c(OC)cccc3s2)C1=O. The molecule has 3 rings (SSSR count). The molecule has 1 aliphatic heterocycles. The molecule has 2 aromatic rings. The van der Waals surface area contributed by atoms with Crippen LogP contribution in [0.5, 0.6) is 5.75 Å². The highest BCUT2D eigenvalue weighted by molar-refractivity contribution is 7.22. The minimum atomic E-state index is -0.853. The fourth-order valence-electron chi connectivity index (χ4n) is 2.29. The van der Waals surface area contributed by atoms with Gasteiger partial charge in [0.15, 0.2) is 11.4 Å². The van der Waals surface area contributed by atoms with Gasteiger partial charge in [0.05, 0.1) is 18.4 Å². The summed E-state index contributed by atoms with van der Waals surface area (Å²) in [7, 11) is 1.59. The van der Waals surface area contributed by atoms with Crippen molar-refractivity contribution in [3.63, 3.8) is 0 Å². The number of nitrogens with zero attached hydrogens (tertiary/aromatic N) is 3. The first kappa shape index (κ1) is 13.1. The summed E-state index contributed by atoms with van der Waals surface area (Å²) in [6.07, 6.45) is -0.853. The van der Waals surface area contributed by atoms with Gasteiger partial charge in [-0.1, -0.05) is 17.4 Å². The highest BCUT2D eigenvalue weighted by atomic mass is 32.1. The van der Waals surface area contributed by atoms with Crippen molar-refractivity contribution in [1.82, 2.24) is 9.88 Å². The Balaban J connectivity index is 2.04. The van der Waals surface area contributed by atoms with Gasteiger partial charge in [-0.3, -0.25) is 0 Å². The van der Waals surface area contributed by atoms with E-state index in [1.807, 2.05) is 25.1 Å². The Kier molecular flexibility index (Phi) is 3.23. The average molecular weight is 293 g/mol. The summed E-state index contributed by atoms with van der Waals surface area (Å²) in [4.78, 5) is 19.6. The zero-order valence-electron chi connectivity index (χ0n) is 11.2. The molecule has 2 amide bonds. The molecule has 6 nitrogen and oxygen atoms in total. The highest BCUT2D eigenvalue weighted by Gasteiger charge is 2.38. The van der Waals surface area contributed by atoms with E-state index in [1.165, 1.54) is 16.2 Å². The van der Waals surface area contributed by atoms with Gasteiger partial charge < -0.3 is 14.7 Å². The minimum Gasteiger partial charge on any atom is -0.494 e. The van der Waals surface area contributed by atoms with E-state index < -0.39 is 6.23 Å². The van der Waals surface area contributed by atoms with Crippen molar-refractivity contribution in [3.8, 4) is 5.75 Å². The van der Waals surface area contributed by atoms with Crippen LogP contribution < -0.4 is 9.64 Å². The third-order valence-electron chi connectivity index (χ3n) is 3.34. The topological polar surface area (TPSA) is 65.9 Å². The first-order chi connectivity index (χ1) is 9.65. The zero-order chi connectivity index (χ0) is 14.3. The first-order valence-electron chi connectivity index (χ1n) is 6.35. The van der Waals surface area contributed by atoms with Crippen molar-refractivity contribution >= 4 is 32.7 Å². The summed E-state index contributed by atoms with van der Waals surface area (Å²) in [5, 5.41) is 10.6. The van der Waals surface area contributed by atoms with Crippen molar-refractivity contribution in [2.45, 2.75) is 13.2 Å². The Bertz CT molecular complexity index is 657. The number of benzene rings is 1. The predicted molar refractivity (Wildman–Crippen MR) is 77.3 cm³/mol. The van der Waals surface area contributed by atoms with E-state index in [4.69, 9.17) is 4.74 Å². The number of para-hydroxylation sites is 1. The Morgan fingerprint density at radius 2 is 2.35 bits per heavy atom. The molecule has 1 saturated heterocycles. The molecule has 2 heterocycles. The number of carbonyl (C=O) groups is 1. The summed E-state index contributed by atoms with van der Waals surface area (Å²) < 4.78 is 6.19. The molecule has 7 heteroatoms. The Morgan fingerprint density at radius 3 is 3.00 bits per heavy atom. The van der Waals surface area contributed by atoms with Crippen LogP contribution in [-0.4, -0.2) is 47.4 Å². The molecule has 1 unspecified atom stereocenters. The van der Waals surface area contributed by atoms with Crippen LogP contribution in [0.25, 0.3) is 10.2 Å². The van der Waals surface area contributed by atoms with Crippen LogP contribution >= 0.6 is 11.3 Å². The number of aliphatic hydroxyl groups excluding tert-OH is 1. The number of thiazole rings is 1. The second-order valence-corrected chi connectivity index (χ2v) is 5.48. The maximum absolute atomic E-state index is 12.2. The third-order valence-corrected chi connectivity index (χ3v) is 4.36. The molecule has 0 bridgehead atoms. The van der Waals surface area contributed by atoms with Gasteiger partial charge in [-0.25, -0.2) is 14.7 Å². The van der Waals surface area contributed by atoms with Crippen LogP contribution in [0, 0.1) is 0 Å². The lowest BCUT2D eigenvalue weighted by molar-refractivity contribution is 0.179. The number of rotatable bonds is 3. The molecule has 106 valence electrons. The molecule has 0 saturated carbocycles. The van der Waals surface area contributed by atoms with Crippen LogP contribution in [0.1, 0.15) is 6.92 Å². The standard InChI is InChI=1S/C13H15N3O3S/c1-3-15-7-10(17)16(13(15)18)12-14-11-8(19-2)5-4-6-9(11)20-12/h4-6,10,17H,3,7H2,1-2H3. The monoisotopic (exact) mass is 293 g/mol. The number of β-amino-alcohol motifs (C(OH)–C–C–N with tert-alkyl or cyclic N) is 1. The Labute approximate surface area is 120 Å². The van der Waals surface area contributed by atoms with Crippen LogP contribution in [0.2, 0.25) is 0 Å². The molecular formula is C13H15N3O3S. The number of methoxy groups -OCH3 is 1. The molecule has 1 fully saturated rings. The summed E-state index contributed by atoms with van der Waals surface area (Å²) >= 11 is 1.37. The molecular weight excluding hydrogens is 278 g/mol. The van der Waals surface area contributed by atoms with E-state index >= 15 is 0 Å². The van der Waals surface area contributed by atoms with Crippen molar-refractivity contribution in [3.05, 3.63) is 18.2 Å². The van der Waals surface area contributed by atoms with Crippen molar-refractivity contribution < 1.29 is 14.6 Å². The van der Waals surface area contributed by atoms with Gasteiger partial charge in [0, 0.05) is 6.54 Å². The number of aromatic nitrogens is 1. The fraction of sp³-hybridized carbons (Fsp3) is 0.385. The number of fused-ring (bicyclic) bond motifs is 1. The zero-order valence-corrected chi connectivity index (χ0v) is 12.1. The molecule has 1 aromatic heterocycles. The van der Waals surface area contributed by atoms with Crippen molar-refractivity contribution in [2.75, 3.05) is 25.1 Å². The van der Waals surface area contributed by atoms with Gasteiger partial charge in [0.2, 0.25) is 0 Å². The van der Waals surface area contributed by atoms with Crippen LogP contribution in [0.4, 0.5) is 9.93 Å².